The third-order valence-corrected chi connectivity index (χ3v) is 4.40. The predicted octanol–water partition coefficient (Wildman–Crippen LogP) is 3.10. The summed E-state index contributed by atoms with van der Waals surface area (Å²) in [6.07, 6.45) is 1.04. The molecule has 0 aliphatic heterocycles. The van der Waals surface area contributed by atoms with Crippen LogP contribution in [0, 0.1) is 0 Å². The SMILES string of the molecule is CCCNCC(O)COc1ccccc1C(O)CCc1ccccc1OC. The monoisotopic (exact) mass is 373 g/mol. The molecule has 0 aliphatic carbocycles. The molecule has 148 valence electrons. The molecule has 5 heteroatoms. The first-order valence-electron chi connectivity index (χ1n) is 9.56. The van der Waals surface area contributed by atoms with Crippen molar-refractivity contribution in [2.75, 3.05) is 26.8 Å². The smallest absolute Gasteiger partial charge is 0.125 e. The van der Waals surface area contributed by atoms with E-state index in [2.05, 4.69) is 12.2 Å². The molecule has 5 nitrogen and oxygen atoms in total. The van der Waals surface area contributed by atoms with E-state index in [1.807, 2.05) is 48.5 Å². The van der Waals surface area contributed by atoms with E-state index < -0.39 is 12.2 Å². The Bertz CT molecular complexity index is 677. The van der Waals surface area contributed by atoms with Crippen molar-refractivity contribution in [3.8, 4) is 11.5 Å². The third-order valence-electron chi connectivity index (χ3n) is 4.40. The highest BCUT2D eigenvalue weighted by Crippen LogP contribution is 2.29. The minimum absolute atomic E-state index is 0.187. The standard InChI is InChI=1S/C22H31NO4/c1-3-14-23-15-18(24)16-27-22-11-7-5-9-19(22)20(25)13-12-17-8-4-6-10-21(17)26-2/h4-11,18,20,23-25H,3,12-16H2,1-2H3. The van der Waals surface area contributed by atoms with Crippen LogP contribution in [0.5, 0.6) is 11.5 Å². The first-order valence-corrected chi connectivity index (χ1v) is 9.56. The van der Waals surface area contributed by atoms with E-state index in [4.69, 9.17) is 9.47 Å². The zero-order valence-electron chi connectivity index (χ0n) is 16.2. The van der Waals surface area contributed by atoms with Gasteiger partial charge in [0.25, 0.3) is 0 Å². The number of hydrogen-bond donors (Lipinski definition) is 3. The van der Waals surface area contributed by atoms with Gasteiger partial charge in [-0.3, -0.25) is 0 Å². The molecule has 2 aromatic rings. The van der Waals surface area contributed by atoms with Gasteiger partial charge in [-0.1, -0.05) is 43.3 Å². The number of hydrogen-bond acceptors (Lipinski definition) is 5. The van der Waals surface area contributed by atoms with Crippen molar-refractivity contribution in [1.29, 1.82) is 0 Å². The Labute approximate surface area is 162 Å². The number of aryl methyl sites for hydroxylation is 1. The van der Waals surface area contributed by atoms with Gasteiger partial charge >= 0.3 is 0 Å². The molecule has 0 heterocycles. The Hall–Kier alpha value is -2.08. The Morgan fingerprint density at radius 3 is 2.44 bits per heavy atom. The van der Waals surface area contributed by atoms with Crippen molar-refractivity contribution >= 4 is 0 Å². The van der Waals surface area contributed by atoms with Crippen LogP contribution in [0.4, 0.5) is 0 Å². The van der Waals surface area contributed by atoms with Gasteiger partial charge in [-0.15, -0.1) is 0 Å². The van der Waals surface area contributed by atoms with Gasteiger partial charge in [-0.25, -0.2) is 0 Å². The Kier molecular flexibility index (Phi) is 9.11. The lowest BCUT2D eigenvalue weighted by Gasteiger charge is -2.18. The summed E-state index contributed by atoms with van der Waals surface area (Å²) in [7, 11) is 1.65. The summed E-state index contributed by atoms with van der Waals surface area (Å²) < 4.78 is 11.1. The molecule has 2 rings (SSSR count). The normalized spacial score (nSPS) is 13.2. The highest BCUT2D eigenvalue weighted by atomic mass is 16.5. The average Bonchev–Trinajstić information content (AvgIpc) is 2.71. The van der Waals surface area contributed by atoms with Gasteiger partial charge in [0, 0.05) is 12.1 Å². The van der Waals surface area contributed by atoms with Crippen LogP contribution in [0.2, 0.25) is 0 Å². The molecule has 2 atom stereocenters. The topological polar surface area (TPSA) is 71.0 Å². The zero-order valence-corrected chi connectivity index (χ0v) is 16.2. The lowest BCUT2D eigenvalue weighted by molar-refractivity contribution is 0.102. The molecule has 3 N–H and O–H groups in total. The number of benzene rings is 2. The molecule has 0 amide bonds. The number of rotatable bonds is 12. The molecule has 0 radical (unpaired) electrons. The van der Waals surface area contributed by atoms with E-state index in [1.54, 1.807) is 7.11 Å². The number of nitrogens with one attached hydrogen (secondary N) is 1. The maximum absolute atomic E-state index is 10.7. The van der Waals surface area contributed by atoms with Gasteiger partial charge in [0.2, 0.25) is 0 Å². The Morgan fingerprint density at radius 1 is 1.00 bits per heavy atom. The molecule has 0 aliphatic rings. The molecular formula is C22H31NO4. The number of aliphatic hydroxyl groups excluding tert-OH is 2. The highest BCUT2D eigenvalue weighted by molar-refractivity contribution is 5.36. The largest absolute Gasteiger partial charge is 0.496 e. The maximum Gasteiger partial charge on any atom is 0.125 e. The fraction of sp³-hybridized carbons (Fsp3) is 0.455. The summed E-state index contributed by atoms with van der Waals surface area (Å²) in [5, 5.41) is 23.8. The molecular weight excluding hydrogens is 342 g/mol. The number of methoxy groups -OCH3 is 1. The molecule has 0 spiro atoms. The summed E-state index contributed by atoms with van der Waals surface area (Å²) in [6, 6.07) is 15.3. The van der Waals surface area contributed by atoms with E-state index in [9.17, 15) is 10.2 Å². The van der Waals surface area contributed by atoms with Gasteiger partial charge < -0.3 is 25.0 Å². The minimum Gasteiger partial charge on any atom is -0.496 e. The molecule has 0 saturated carbocycles. The maximum atomic E-state index is 10.7. The quantitative estimate of drug-likeness (QED) is 0.499. The summed E-state index contributed by atoms with van der Waals surface area (Å²) >= 11 is 0. The van der Waals surface area contributed by atoms with Crippen LogP contribution < -0.4 is 14.8 Å². The van der Waals surface area contributed by atoms with Crippen molar-refractivity contribution in [2.45, 2.75) is 38.4 Å². The summed E-state index contributed by atoms with van der Waals surface area (Å²) in [6.45, 7) is 3.63. The number of para-hydroxylation sites is 2. The predicted molar refractivity (Wildman–Crippen MR) is 107 cm³/mol. The fourth-order valence-corrected chi connectivity index (χ4v) is 2.93. The lowest BCUT2D eigenvalue weighted by Crippen LogP contribution is -2.32. The van der Waals surface area contributed by atoms with Crippen LogP contribution in [0.1, 0.15) is 37.0 Å². The third kappa shape index (κ3) is 6.86. The minimum atomic E-state index is -0.651. The fourth-order valence-electron chi connectivity index (χ4n) is 2.93. The van der Waals surface area contributed by atoms with Crippen LogP contribution in [0.15, 0.2) is 48.5 Å². The molecule has 0 aromatic heterocycles. The average molecular weight is 373 g/mol. The summed E-state index contributed by atoms with van der Waals surface area (Å²) in [4.78, 5) is 0. The van der Waals surface area contributed by atoms with E-state index in [1.165, 1.54) is 0 Å². The van der Waals surface area contributed by atoms with Crippen LogP contribution >= 0.6 is 0 Å². The van der Waals surface area contributed by atoms with E-state index in [0.717, 1.165) is 29.8 Å². The van der Waals surface area contributed by atoms with E-state index >= 15 is 0 Å². The molecule has 0 bridgehead atoms. The van der Waals surface area contributed by atoms with Crippen molar-refractivity contribution < 1.29 is 19.7 Å². The van der Waals surface area contributed by atoms with E-state index in [0.29, 0.717) is 25.1 Å². The second-order valence-electron chi connectivity index (χ2n) is 6.57. The van der Waals surface area contributed by atoms with Crippen molar-refractivity contribution in [2.24, 2.45) is 0 Å². The second-order valence-corrected chi connectivity index (χ2v) is 6.57. The molecule has 2 aromatic carbocycles. The first-order chi connectivity index (χ1) is 13.2. The van der Waals surface area contributed by atoms with Gasteiger partial charge in [0.1, 0.15) is 24.2 Å². The van der Waals surface area contributed by atoms with Crippen molar-refractivity contribution in [3.05, 3.63) is 59.7 Å². The molecule has 0 saturated heterocycles. The summed E-state index contributed by atoms with van der Waals surface area (Å²) in [5.41, 5.74) is 1.80. The van der Waals surface area contributed by atoms with Crippen LogP contribution in [-0.2, 0) is 6.42 Å². The number of aliphatic hydroxyl groups is 2. The van der Waals surface area contributed by atoms with Crippen LogP contribution in [0.3, 0.4) is 0 Å². The van der Waals surface area contributed by atoms with Gasteiger partial charge in [-0.2, -0.15) is 0 Å². The highest BCUT2D eigenvalue weighted by Gasteiger charge is 2.15. The van der Waals surface area contributed by atoms with E-state index in [-0.39, 0.29) is 6.61 Å². The zero-order chi connectivity index (χ0) is 19.5. The lowest BCUT2D eigenvalue weighted by atomic mass is 10.00. The first kappa shape index (κ1) is 21.2. The second kappa shape index (κ2) is 11.6. The number of ether oxygens (including phenoxy) is 2. The van der Waals surface area contributed by atoms with Crippen LogP contribution in [-0.4, -0.2) is 43.1 Å². The van der Waals surface area contributed by atoms with Gasteiger partial charge in [0.05, 0.1) is 13.2 Å². The van der Waals surface area contributed by atoms with Crippen molar-refractivity contribution in [1.82, 2.24) is 5.32 Å². The van der Waals surface area contributed by atoms with Crippen LogP contribution in [0.25, 0.3) is 0 Å². The molecule has 2 unspecified atom stereocenters. The molecule has 0 fully saturated rings. The van der Waals surface area contributed by atoms with Gasteiger partial charge in [-0.05, 0) is 43.5 Å². The Balaban J connectivity index is 1.93. The summed E-state index contributed by atoms with van der Waals surface area (Å²) in [5.74, 6) is 1.44. The molecule has 27 heavy (non-hydrogen) atoms. The van der Waals surface area contributed by atoms with Gasteiger partial charge in [0.15, 0.2) is 0 Å². The Morgan fingerprint density at radius 2 is 1.70 bits per heavy atom. The van der Waals surface area contributed by atoms with Crippen molar-refractivity contribution in [3.63, 3.8) is 0 Å².